The summed E-state index contributed by atoms with van der Waals surface area (Å²) in [6.07, 6.45) is 4.34. The van der Waals surface area contributed by atoms with Crippen molar-refractivity contribution in [3.8, 4) is 11.8 Å². The molecular formula is C11H19NO. The molecule has 2 heteroatoms. The van der Waals surface area contributed by atoms with Crippen LogP contribution in [0.15, 0.2) is 0 Å². The quantitative estimate of drug-likeness (QED) is 0.648. The highest BCUT2D eigenvalue weighted by molar-refractivity contribution is 4.99. The molecule has 2 atom stereocenters. The van der Waals surface area contributed by atoms with Gasteiger partial charge in [-0.25, -0.2) is 0 Å². The van der Waals surface area contributed by atoms with Gasteiger partial charge >= 0.3 is 0 Å². The van der Waals surface area contributed by atoms with E-state index < -0.39 is 0 Å². The minimum absolute atomic E-state index is 0.141. The van der Waals surface area contributed by atoms with Crippen molar-refractivity contribution >= 4 is 0 Å². The minimum Gasteiger partial charge on any atom is -0.391 e. The lowest BCUT2D eigenvalue weighted by atomic mass is 9.92. The van der Waals surface area contributed by atoms with Gasteiger partial charge in [0.2, 0.25) is 0 Å². The minimum atomic E-state index is -0.141. The van der Waals surface area contributed by atoms with E-state index >= 15 is 0 Å². The molecule has 0 radical (unpaired) electrons. The van der Waals surface area contributed by atoms with E-state index in [9.17, 15) is 5.11 Å². The van der Waals surface area contributed by atoms with Gasteiger partial charge in [-0.05, 0) is 26.8 Å². The van der Waals surface area contributed by atoms with E-state index in [1.54, 1.807) is 0 Å². The van der Waals surface area contributed by atoms with Crippen LogP contribution in [0.4, 0.5) is 0 Å². The van der Waals surface area contributed by atoms with Crippen molar-refractivity contribution in [2.75, 3.05) is 13.6 Å². The molecule has 2 unspecified atom stereocenters. The van der Waals surface area contributed by atoms with Gasteiger partial charge < -0.3 is 5.11 Å². The molecule has 0 aromatic heterocycles. The van der Waals surface area contributed by atoms with Crippen LogP contribution >= 0.6 is 0 Å². The van der Waals surface area contributed by atoms with Gasteiger partial charge in [0.25, 0.3) is 0 Å². The third-order valence-electron chi connectivity index (χ3n) is 2.77. The normalized spacial score (nSPS) is 28.3. The van der Waals surface area contributed by atoms with Gasteiger partial charge in [0.15, 0.2) is 0 Å². The van der Waals surface area contributed by atoms with Crippen LogP contribution in [-0.4, -0.2) is 35.7 Å². The third kappa shape index (κ3) is 3.02. The van der Waals surface area contributed by atoms with Crippen molar-refractivity contribution in [1.29, 1.82) is 0 Å². The average molecular weight is 181 g/mol. The molecule has 0 spiro atoms. The van der Waals surface area contributed by atoms with Crippen LogP contribution in [0.2, 0.25) is 0 Å². The van der Waals surface area contributed by atoms with Crippen molar-refractivity contribution < 1.29 is 5.11 Å². The van der Waals surface area contributed by atoms with E-state index in [2.05, 4.69) is 16.7 Å². The maximum absolute atomic E-state index is 9.75. The highest BCUT2D eigenvalue weighted by atomic mass is 16.3. The molecule has 0 aromatic rings. The van der Waals surface area contributed by atoms with Crippen LogP contribution in [0.5, 0.6) is 0 Å². The van der Waals surface area contributed by atoms with Gasteiger partial charge in [-0.15, -0.1) is 5.92 Å². The van der Waals surface area contributed by atoms with Crippen molar-refractivity contribution in [2.45, 2.75) is 44.8 Å². The molecule has 0 amide bonds. The number of aliphatic hydroxyl groups is 1. The van der Waals surface area contributed by atoms with Crippen LogP contribution in [0, 0.1) is 11.8 Å². The fraction of sp³-hybridized carbons (Fsp3) is 0.818. The lowest BCUT2D eigenvalue weighted by molar-refractivity contribution is 0.0381. The Kier molecular flexibility index (Phi) is 4.27. The van der Waals surface area contributed by atoms with Gasteiger partial charge in [0, 0.05) is 6.04 Å². The Morgan fingerprint density at radius 1 is 1.38 bits per heavy atom. The summed E-state index contributed by atoms with van der Waals surface area (Å²) in [6, 6.07) is 0.328. The number of hydrogen-bond acceptors (Lipinski definition) is 2. The van der Waals surface area contributed by atoms with E-state index in [1.807, 2.05) is 14.0 Å². The maximum atomic E-state index is 9.75. The predicted octanol–water partition coefficient (Wildman–Crippen LogP) is 1.25. The topological polar surface area (TPSA) is 23.5 Å². The van der Waals surface area contributed by atoms with Crippen molar-refractivity contribution in [1.82, 2.24) is 4.90 Å². The summed E-state index contributed by atoms with van der Waals surface area (Å²) in [5.41, 5.74) is 0. The third-order valence-corrected chi connectivity index (χ3v) is 2.77. The smallest absolute Gasteiger partial charge is 0.0695 e. The van der Waals surface area contributed by atoms with Gasteiger partial charge in [0.1, 0.15) is 0 Å². The van der Waals surface area contributed by atoms with Crippen LogP contribution in [0.1, 0.15) is 32.6 Å². The SMILES string of the molecule is CC#CCN(C)C1CCCCC1O. The summed E-state index contributed by atoms with van der Waals surface area (Å²) >= 11 is 0. The van der Waals surface area contributed by atoms with Crippen molar-refractivity contribution in [3.63, 3.8) is 0 Å². The van der Waals surface area contributed by atoms with E-state index in [4.69, 9.17) is 0 Å². The monoisotopic (exact) mass is 181 g/mol. The van der Waals surface area contributed by atoms with E-state index in [1.165, 1.54) is 12.8 Å². The van der Waals surface area contributed by atoms with Crippen LogP contribution in [0.3, 0.4) is 0 Å². The Bertz CT molecular complexity index is 204. The molecule has 1 N–H and O–H groups in total. The molecule has 0 bridgehead atoms. The van der Waals surface area contributed by atoms with Gasteiger partial charge in [-0.1, -0.05) is 18.8 Å². The highest BCUT2D eigenvalue weighted by Gasteiger charge is 2.25. The number of nitrogens with zero attached hydrogens (tertiary/aromatic N) is 1. The molecule has 13 heavy (non-hydrogen) atoms. The second-order valence-corrected chi connectivity index (χ2v) is 3.76. The molecular weight excluding hydrogens is 162 g/mol. The summed E-state index contributed by atoms with van der Waals surface area (Å²) in [6.45, 7) is 2.63. The lowest BCUT2D eigenvalue weighted by Crippen LogP contribution is -2.43. The number of hydrogen-bond donors (Lipinski definition) is 1. The van der Waals surface area contributed by atoms with E-state index in [0.29, 0.717) is 6.04 Å². The lowest BCUT2D eigenvalue weighted by Gasteiger charge is -2.34. The maximum Gasteiger partial charge on any atom is 0.0695 e. The molecule has 0 aromatic carbocycles. The van der Waals surface area contributed by atoms with Crippen molar-refractivity contribution in [3.05, 3.63) is 0 Å². The first-order valence-electron chi connectivity index (χ1n) is 5.03. The van der Waals surface area contributed by atoms with Crippen molar-refractivity contribution in [2.24, 2.45) is 0 Å². The molecule has 1 saturated carbocycles. The molecule has 0 heterocycles. The molecule has 74 valence electrons. The summed E-state index contributed by atoms with van der Waals surface area (Å²) in [5, 5.41) is 9.75. The Hall–Kier alpha value is -0.520. The first-order valence-corrected chi connectivity index (χ1v) is 5.03. The molecule has 0 aliphatic heterocycles. The van der Waals surface area contributed by atoms with E-state index in [0.717, 1.165) is 19.4 Å². The predicted molar refractivity (Wildman–Crippen MR) is 54.3 cm³/mol. The second kappa shape index (κ2) is 5.26. The van der Waals surface area contributed by atoms with Gasteiger partial charge in [0.05, 0.1) is 12.6 Å². The average Bonchev–Trinajstić information content (AvgIpc) is 2.15. The Labute approximate surface area is 80.9 Å². The standard InChI is InChI=1S/C11H19NO/c1-3-4-9-12(2)10-7-5-6-8-11(10)13/h10-11,13H,5-9H2,1-2H3. The summed E-state index contributed by atoms with van der Waals surface area (Å²) < 4.78 is 0. The number of likely N-dealkylation sites (N-methyl/N-ethyl adjacent to an activating group) is 1. The Morgan fingerprint density at radius 3 is 2.69 bits per heavy atom. The first-order chi connectivity index (χ1) is 6.25. The van der Waals surface area contributed by atoms with Gasteiger partial charge in [-0.3, -0.25) is 4.90 Å². The molecule has 1 rings (SSSR count). The zero-order chi connectivity index (χ0) is 9.68. The van der Waals surface area contributed by atoms with E-state index in [-0.39, 0.29) is 6.10 Å². The molecule has 1 fully saturated rings. The first kappa shape index (κ1) is 10.6. The molecule has 2 nitrogen and oxygen atoms in total. The van der Waals surface area contributed by atoms with Gasteiger partial charge in [-0.2, -0.15) is 0 Å². The van der Waals surface area contributed by atoms with Crippen LogP contribution in [0.25, 0.3) is 0 Å². The fourth-order valence-corrected chi connectivity index (χ4v) is 1.93. The molecule has 1 aliphatic carbocycles. The zero-order valence-electron chi connectivity index (χ0n) is 8.58. The van der Waals surface area contributed by atoms with Crippen LogP contribution < -0.4 is 0 Å². The highest BCUT2D eigenvalue weighted by Crippen LogP contribution is 2.21. The Balaban J connectivity index is 2.41. The fourth-order valence-electron chi connectivity index (χ4n) is 1.93. The molecule has 0 saturated heterocycles. The second-order valence-electron chi connectivity index (χ2n) is 3.76. The number of rotatable bonds is 2. The Morgan fingerprint density at radius 2 is 2.08 bits per heavy atom. The van der Waals surface area contributed by atoms with Crippen LogP contribution in [-0.2, 0) is 0 Å². The summed E-state index contributed by atoms with van der Waals surface area (Å²) in [5.74, 6) is 5.91. The molecule has 1 aliphatic rings. The zero-order valence-corrected chi connectivity index (χ0v) is 8.58. The number of aliphatic hydroxyl groups excluding tert-OH is 1. The largest absolute Gasteiger partial charge is 0.391 e. The summed E-state index contributed by atoms with van der Waals surface area (Å²) in [7, 11) is 2.05. The summed E-state index contributed by atoms with van der Waals surface area (Å²) in [4.78, 5) is 2.17.